The summed E-state index contributed by atoms with van der Waals surface area (Å²) in [5.41, 5.74) is 1.33. The molecule has 0 atom stereocenters. The molecule has 0 radical (unpaired) electrons. The van der Waals surface area contributed by atoms with Crippen molar-refractivity contribution in [1.29, 1.82) is 0 Å². The van der Waals surface area contributed by atoms with E-state index in [0.29, 0.717) is 5.92 Å². The van der Waals surface area contributed by atoms with Gasteiger partial charge in [0.25, 0.3) is 0 Å². The summed E-state index contributed by atoms with van der Waals surface area (Å²) in [4.78, 5) is 6.76. The zero-order chi connectivity index (χ0) is 11.7. The molecule has 1 aromatic rings. The van der Waals surface area contributed by atoms with E-state index in [1.54, 1.807) is 0 Å². The molecule has 2 fully saturated rings. The molecule has 0 aromatic carbocycles. The first-order valence-electron chi connectivity index (χ1n) is 6.09. The summed E-state index contributed by atoms with van der Waals surface area (Å²) in [5.74, 6) is 3.22. The number of nitrogens with zero attached hydrogens (tertiary/aromatic N) is 2. The van der Waals surface area contributed by atoms with Crippen LogP contribution in [-0.2, 0) is 10.8 Å². The monoisotopic (exact) mass is 251 g/mol. The predicted molar refractivity (Wildman–Crippen MR) is 69.9 cm³/mol. The van der Waals surface area contributed by atoms with Crippen LogP contribution >= 0.6 is 0 Å². The number of nitrogens with one attached hydrogen (secondary N) is 1. The van der Waals surface area contributed by atoms with Crippen molar-refractivity contribution in [3.63, 3.8) is 0 Å². The summed E-state index contributed by atoms with van der Waals surface area (Å²) in [7, 11) is -0.616. The van der Waals surface area contributed by atoms with Crippen molar-refractivity contribution >= 4 is 16.6 Å². The summed E-state index contributed by atoms with van der Waals surface area (Å²) in [6.07, 6.45) is 1.99. The van der Waals surface area contributed by atoms with Gasteiger partial charge in [-0.1, -0.05) is 6.07 Å². The zero-order valence-electron chi connectivity index (χ0n) is 9.76. The SMILES string of the molecule is O=S1CCN(c2ccc(C3CNC3)cn2)CC1. The van der Waals surface area contributed by atoms with Crippen LogP contribution in [-0.4, -0.2) is 46.9 Å². The maximum Gasteiger partial charge on any atom is 0.128 e. The van der Waals surface area contributed by atoms with E-state index in [2.05, 4.69) is 27.3 Å². The molecule has 0 bridgehead atoms. The smallest absolute Gasteiger partial charge is 0.128 e. The highest BCUT2D eigenvalue weighted by Gasteiger charge is 2.20. The third-order valence-electron chi connectivity index (χ3n) is 3.53. The Labute approximate surface area is 104 Å². The van der Waals surface area contributed by atoms with Crippen LogP contribution in [0.2, 0.25) is 0 Å². The highest BCUT2D eigenvalue weighted by molar-refractivity contribution is 7.85. The Morgan fingerprint density at radius 2 is 2.06 bits per heavy atom. The number of anilines is 1. The van der Waals surface area contributed by atoms with Crippen LogP contribution in [0.15, 0.2) is 18.3 Å². The Morgan fingerprint density at radius 3 is 2.59 bits per heavy atom. The lowest BCUT2D eigenvalue weighted by Gasteiger charge is -2.29. The Kier molecular flexibility index (Phi) is 3.11. The molecule has 1 N–H and O–H groups in total. The van der Waals surface area contributed by atoms with Crippen molar-refractivity contribution < 1.29 is 4.21 Å². The maximum absolute atomic E-state index is 11.3. The Hall–Kier alpha value is -0.940. The van der Waals surface area contributed by atoms with E-state index in [0.717, 1.165) is 43.5 Å². The average Bonchev–Trinajstić information content (AvgIpc) is 2.29. The summed E-state index contributed by atoms with van der Waals surface area (Å²) in [6.45, 7) is 3.88. The molecular formula is C12H17N3OS. The van der Waals surface area contributed by atoms with Gasteiger partial charge in [0.1, 0.15) is 5.82 Å². The van der Waals surface area contributed by atoms with Gasteiger partial charge < -0.3 is 10.2 Å². The molecule has 2 aliphatic rings. The van der Waals surface area contributed by atoms with Gasteiger partial charge in [-0.15, -0.1) is 0 Å². The summed E-state index contributed by atoms with van der Waals surface area (Å²) < 4.78 is 11.3. The minimum absolute atomic E-state index is 0.616. The van der Waals surface area contributed by atoms with Crippen molar-refractivity contribution in [3.05, 3.63) is 23.9 Å². The van der Waals surface area contributed by atoms with Crippen LogP contribution in [0, 0.1) is 0 Å². The van der Waals surface area contributed by atoms with Crippen molar-refractivity contribution in [2.45, 2.75) is 5.92 Å². The molecule has 4 nitrogen and oxygen atoms in total. The quantitative estimate of drug-likeness (QED) is 0.823. The largest absolute Gasteiger partial charge is 0.355 e. The number of pyridine rings is 1. The van der Waals surface area contributed by atoms with Gasteiger partial charge in [-0.05, 0) is 11.6 Å². The lowest BCUT2D eigenvalue weighted by molar-refractivity contribution is 0.447. The van der Waals surface area contributed by atoms with Crippen molar-refractivity contribution in [3.8, 4) is 0 Å². The third kappa shape index (κ3) is 2.35. The molecule has 5 heteroatoms. The van der Waals surface area contributed by atoms with Crippen LogP contribution in [0.25, 0.3) is 0 Å². The van der Waals surface area contributed by atoms with E-state index < -0.39 is 10.8 Å². The topological polar surface area (TPSA) is 45.2 Å². The molecular weight excluding hydrogens is 234 g/mol. The molecule has 0 spiro atoms. The third-order valence-corrected chi connectivity index (χ3v) is 4.80. The van der Waals surface area contributed by atoms with E-state index in [1.807, 2.05) is 6.20 Å². The minimum Gasteiger partial charge on any atom is -0.355 e. The fraction of sp³-hybridized carbons (Fsp3) is 0.583. The minimum atomic E-state index is -0.616. The molecule has 0 amide bonds. The van der Waals surface area contributed by atoms with Crippen LogP contribution in [0.3, 0.4) is 0 Å². The second-order valence-corrected chi connectivity index (χ2v) is 6.34. The molecule has 2 aliphatic heterocycles. The van der Waals surface area contributed by atoms with E-state index in [1.165, 1.54) is 5.56 Å². The van der Waals surface area contributed by atoms with Gasteiger partial charge in [-0.3, -0.25) is 4.21 Å². The number of rotatable bonds is 2. The molecule has 0 unspecified atom stereocenters. The fourth-order valence-electron chi connectivity index (χ4n) is 2.22. The molecule has 0 saturated carbocycles. The summed E-state index contributed by atoms with van der Waals surface area (Å²) >= 11 is 0. The van der Waals surface area contributed by atoms with Crippen molar-refractivity contribution in [1.82, 2.24) is 10.3 Å². The van der Waals surface area contributed by atoms with E-state index in [9.17, 15) is 4.21 Å². The average molecular weight is 251 g/mol. The van der Waals surface area contributed by atoms with E-state index in [4.69, 9.17) is 0 Å². The van der Waals surface area contributed by atoms with Crippen LogP contribution in [0.1, 0.15) is 11.5 Å². The van der Waals surface area contributed by atoms with Crippen molar-refractivity contribution in [2.75, 3.05) is 42.6 Å². The Morgan fingerprint density at radius 1 is 1.29 bits per heavy atom. The molecule has 17 heavy (non-hydrogen) atoms. The highest BCUT2D eigenvalue weighted by Crippen LogP contribution is 2.21. The Bertz CT molecular complexity index is 406. The van der Waals surface area contributed by atoms with Crippen LogP contribution in [0.4, 0.5) is 5.82 Å². The first-order valence-corrected chi connectivity index (χ1v) is 7.58. The van der Waals surface area contributed by atoms with Gasteiger partial charge in [-0.2, -0.15) is 0 Å². The molecule has 1 aromatic heterocycles. The predicted octanol–water partition coefficient (Wildman–Crippen LogP) is 0.337. The summed E-state index contributed by atoms with van der Waals surface area (Å²) in [5, 5.41) is 3.27. The van der Waals surface area contributed by atoms with Crippen LogP contribution in [0.5, 0.6) is 0 Å². The van der Waals surface area contributed by atoms with Gasteiger partial charge in [0.2, 0.25) is 0 Å². The Balaban J connectivity index is 1.69. The maximum atomic E-state index is 11.3. The second kappa shape index (κ2) is 4.74. The van der Waals surface area contributed by atoms with Gasteiger partial charge in [-0.25, -0.2) is 4.98 Å². The number of hydrogen-bond donors (Lipinski definition) is 1. The second-order valence-electron chi connectivity index (χ2n) is 4.64. The van der Waals surface area contributed by atoms with Gasteiger partial charge >= 0.3 is 0 Å². The standard InChI is InChI=1S/C12H17N3OS/c16-17-5-3-15(4-6-17)12-2-1-10(9-14-12)11-7-13-8-11/h1-2,9,11,13H,3-8H2. The van der Waals surface area contributed by atoms with Gasteiger partial charge in [0, 0.05) is 60.6 Å². The highest BCUT2D eigenvalue weighted by atomic mass is 32.2. The van der Waals surface area contributed by atoms with E-state index >= 15 is 0 Å². The number of aromatic nitrogens is 1. The van der Waals surface area contributed by atoms with Crippen LogP contribution < -0.4 is 10.2 Å². The molecule has 3 rings (SSSR count). The normalized spacial score (nSPS) is 22.5. The number of hydrogen-bond acceptors (Lipinski definition) is 4. The molecule has 2 saturated heterocycles. The molecule has 3 heterocycles. The first-order chi connectivity index (χ1) is 8.33. The fourth-order valence-corrected chi connectivity index (χ4v) is 3.27. The van der Waals surface area contributed by atoms with Gasteiger partial charge in [0.15, 0.2) is 0 Å². The lowest BCUT2D eigenvalue weighted by atomic mass is 9.95. The molecule has 92 valence electrons. The van der Waals surface area contributed by atoms with E-state index in [-0.39, 0.29) is 0 Å². The molecule has 0 aliphatic carbocycles. The first kappa shape index (κ1) is 11.2. The zero-order valence-corrected chi connectivity index (χ0v) is 10.6. The van der Waals surface area contributed by atoms with Crippen molar-refractivity contribution in [2.24, 2.45) is 0 Å². The summed E-state index contributed by atoms with van der Waals surface area (Å²) in [6, 6.07) is 4.28. The van der Waals surface area contributed by atoms with Gasteiger partial charge in [0.05, 0.1) is 0 Å². The lowest BCUT2D eigenvalue weighted by Crippen LogP contribution is -2.40.